The maximum atomic E-state index is 5.53. The molecule has 0 heterocycles. The highest BCUT2D eigenvalue weighted by Gasteiger charge is 2.15. The molecule has 0 atom stereocenters. The van der Waals surface area contributed by atoms with Gasteiger partial charge in [-0.2, -0.15) is 0 Å². The molecule has 0 aromatic heterocycles. The van der Waals surface area contributed by atoms with E-state index in [9.17, 15) is 0 Å². The van der Waals surface area contributed by atoms with Gasteiger partial charge < -0.3 is 10.1 Å². The second kappa shape index (κ2) is 5.15. The number of ether oxygens (including phenoxy) is 1. The highest BCUT2D eigenvalue weighted by atomic mass is 16.5. The van der Waals surface area contributed by atoms with Crippen LogP contribution in [0.25, 0.3) is 0 Å². The molecule has 0 amide bonds. The molecule has 0 aliphatic heterocycles. The van der Waals surface area contributed by atoms with Crippen molar-refractivity contribution in [1.82, 2.24) is 5.32 Å². The molecule has 2 heteroatoms. The van der Waals surface area contributed by atoms with Gasteiger partial charge in [-0.1, -0.05) is 12.8 Å². The quantitative estimate of drug-likeness (QED) is 0.662. The van der Waals surface area contributed by atoms with Crippen LogP contribution in [0.5, 0.6) is 0 Å². The SMILES string of the molecule is C=C(NC(C)C)OCC1CCCC1. The second-order valence-electron chi connectivity index (χ2n) is 4.18. The fraction of sp³-hybridized carbons (Fsp3) is 0.818. The van der Waals surface area contributed by atoms with Gasteiger partial charge in [0.05, 0.1) is 6.61 Å². The molecule has 0 aromatic rings. The van der Waals surface area contributed by atoms with Crippen molar-refractivity contribution in [3.05, 3.63) is 12.5 Å². The van der Waals surface area contributed by atoms with Crippen molar-refractivity contribution in [2.24, 2.45) is 5.92 Å². The van der Waals surface area contributed by atoms with Crippen molar-refractivity contribution in [1.29, 1.82) is 0 Å². The average Bonchev–Trinajstić information content (AvgIpc) is 2.51. The molecule has 1 aliphatic carbocycles. The monoisotopic (exact) mass is 183 g/mol. The second-order valence-corrected chi connectivity index (χ2v) is 4.18. The summed E-state index contributed by atoms with van der Waals surface area (Å²) in [6.07, 6.45) is 5.40. The van der Waals surface area contributed by atoms with Crippen molar-refractivity contribution in [3.63, 3.8) is 0 Å². The molecule has 1 N–H and O–H groups in total. The molecule has 2 nitrogen and oxygen atoms in total. The van der Waals surface area contributed by atoms with Gasteiger partial charge in [0.2, 0.25) is 0 Å². The fourth-order valence-corrected chi connectivity index (χ4v) is 1.76. The zero-order valence-corrected chi connectivity index (χ0v) is 8.81. The zero-order valence-electron chi connectivity index (χ0n) is 8.81. The van der Waals surface area contributed by atoms with Crippen LogP contribution in [0, 0.1) is 5.92 Å². The first kappa shape index (κ1) is 10.4. The Kier molecular flexibility index (Phi) is 4.13. The minimum absolute atomic E-state index is 0.413. The summed E-state index contributed by atoms with van der Waals surface area (Å²) in [4.78, 5) is 0. The van der Waals surface area contributed by atoms with E-state index in [1.54, 1.807) is 0 Å². The lowest BCUT2D eigenvalue weighted by Crippen LogP contribution is -2.24. The minimum atomic E-state index is 0.413. The lowest BCUT2D eigenvalue weighted by Gasteiger charge is -2.16. The number of hydrogen-bond donors (Lipinski definition) is 1. The van der Waals surface area contributed by atoms with E-state index in [1.165, 1.54) is 25.7 Å². The summed E-state index contributed by atoms with van der Waals surface area (Å²) in [6, 6.07) is 0.413. The van der Waals surface area contributed by atoms with Gasteiger partial charge in [-0.3, -0.25) is 0 Å². The van der Waals surface area contributed by atoms with Crippen molar-refractivity contribution in [3.8, 4) is 0 Å². The van der Waals surface area contributed by atoms with Gasteiger partial charge in [0.25, 0.3) is 0 Å². The molecule has 1 aliphatic rings. The van der Waals surface area contributed by atoms with Gasteiger partial charge in [0.1, 0.15) is 0 Å². The van der Waals surface area contributed by atoms with Gasteiger partial charge in [-0.15, -0.1) is 0 Å². The Bertz CT molecular complexity index is 159. The van der Waals surface area contributed by atoms with E-state index in [0.29, 0.717) is 6.04 Å². The van der Waals surface area contributed by atoms with E-state index in [0.717, 1.165) is 18.4 Å². The van der Waals surface area contributed by atoms with Crippen LogP contribution in [0.4, 0.5) is 0 Å². The Labute approximate surface area is 81.4 Å². The van der Waals surface area contributed by atoms with Crippen LogP contribution in [-0.4, -0.2) is 12.6 Å². The molecule has 1 rings (SSSR count). The van der Waals surface area contributed by atoms with Gasteiger partial charge in [0.15, 0.2) is 5.88 Å². The van der Waals surface area contributed by atoms with E-state index in [4.69, 9.17) is 4.74 Å². The van der Waals surface area contributed by atoms with Crippen LogP contribution in [0.1, 0.15) is 39.5 Å². The summed E-state index contributed by atoms with van der Waals surface area (Å²) in [5.74, 6) is 1.49. The van der Waals surface area contributed by atoms with Gasteiger partial charge in [-0.25, -0.2) is 0 Å². The average molecular weight is 183 g/mol. The van der Waals surface area contributed by atoms with E-state index >= 15 is 0 Å². The lowest BCUT2D eigenvalue weighted by atomic mass is 10.1. The molecular formula is C11H21NO. The first-order valence-corrected chi connectivity index (χ1v) is 5.26. The molecule has 76 valence electrons. The molecule has 0 aromatic carbocycles. The topological polar surface area (TPSA) is 21.3 Å². The van der Waals surface area contributed by atoms with Crippen LogP contribution >= 0.6 is 0 Å². The molecule has 0 unspecified atom stereocenters. The van der Waals surface area contributed by atoms with Crippen LogP contribution in [0.3, 0.4) is 0 Å². The van der Waals surface area contributed by atoms with E-state index < -0.39 is 0 Å². The fourth-order valence-electron chi connectivity index (χ4n) is 1.76. The molecule has 1 fully saturated rings. The van der Waals surface area contributed by atoms with Crippen LogP contribution in [0.2, 0.25) is 0 Å². The summed E-state index contributed by atoms with van der Waals surface area (Å²) >= 11 is 0. The van der Waals surface area contributed by atoms with Crippen LogP contribution < -0.4 is 5.32 Å². The predicted octanol–water partition coefficient (Wildman–Crippen LogP) is 2.66. The minimum Gasteiger partial charge on any atom is -0.479 e. The standard InChI is InChI=1S/C11H21NO/c1-9(2)12-10(3)13-8-11-6-4-5-7-11/h9,11-12H,3-8H2,1-2H3. The van der Waals surface area contributed by atoms with E-state index in [1.807, 2.05) is 0 Å². The highest BCUT2D eigenvalue weighted by Crippen LogP contribution is 2.24. The number of hydrogen-bond acceptors (Lipinski definition) is 2. The number of rotatable bonds is 5. The maximum absolute atomic E-state index is 5.53. The number of nitrogens with one attached hydrogen (secondary N) is 1. The maximum Gasteiger partial charge on any atom is 0.179 e. The Morgan fingerprint density at radius 1 is 1.46 bits per heavy atom. The van der Waals surface area contributed by atoms with Crippen molar-refractivity contribution >= 4 is 0 Å². The highest BCUT2D eigenvalue weighted by molar-refractivity contribution is 4.81. The van der Waals surface area contributed by atoms with Gasteiger partial charge >= 0.3 is 0 Å². The molecule has 0 radical (unpaired) electrons. The molecule has 13 heavy (non-hydrogen) atoms. The predicted molar refractivity (Wildman–Crippen MR) is 55.3 cm³/mol. The third-order valence-corrected chi connectivity index (χ3v) is 2.42. The molecule has 0 bridgehead atoms. The molecule has 1 saturated carbocycles. The summed E-state index contributed by atoms with van der Waals surface area (Å²) in [5, 5.41) is 3.15. The summed E-state index contributed by atoms with van der Waals surface area (Å²) in [5.41, 5.74) is 0. The summed E-state index contributed by atoms with van der Waals surface area (Å²) in [7, 11) is 0. The zero-order chi connectivity index (χ0) is 9.68. The van der Waals surface area contributed by atoms with Crippen molar-refractivity contribution in [2.75, 3.05) is 6.61 Å². The van der Waals surface area contributed by atoms with Crippen molar-refractivity contribution in [2.45, 2.75) is 45.6 Å². The van der Waals surface area contributed by atoms with Gasteiger partial charge in [-0.05, 0) is 39.2 Å². The van der Waals surface area contributed by atoms with Crippen LogP contribution in [-0.2, 0) is 4.74 Å². The van der Waals surface area contributed by atoms with Gasteiger partial charge in [0, 0.05) is 6.04 Å². The Hall–Kier alpha value is -0.660. The largest absolute Gasteiger partial charge is 0.479 e. The first-order valence-electron chi connectivity index (χ1n) is 5.26. The Morgan fingerprint density at radius 3 is 2.62 bits per heavy atom. The molecule has 0 saturated heterocycles. The summed E-state index contributed by atoms with van der Waals surface area (Å²) < 4.78 is 5.53. The normalized spacial score (nSPS) is 17.8. The summed E-state index contributed by atoms with van der Waals surface area (Å²) in [6.45, 7) is 8.84. The third-order valence-electron chi connectivity index (χ3n) is 2.42. The Balaban J connectivity index is 2.07. The Morgan fingerprint density at radius 2 is 2.08 bits per heavy atom. The third kappa shape index (κ3) is 4.20. The van der Waals surface area contributed by atoms with E-state index in [-0.39, 0.29) is 0 Å². The molecular weight excluding hydrogens is 162 g/mol. The van der Waals surface area contributed by atoms with Crippen molar-refractivity contribution < 1.29 is 4.74 Å². The smallest absolute Gasteiger partial charge is 0.179 e. The molecule has 0 spiro atoms. The first-order chi connectivity index (χ1) is 6.18. The van der Waals surface area contributed by atoms with Crippen LogP contribution in [0.15, 0.2) is 12.5 Å². The lowest BCUT2D eigenvalue weighted by molar-refractivity contribution is 0.148. The van der Waals surface area contributed by atoms with E-state index in [2.05, 4.69) is 25.7 Å².